The van der Waals surface area contributed by atoms with E-state index in [0.29, 0.717) is 12.1 Å². The Labute approximate surface area is 119 Å². The minimum absolute atomic E-state index is 0.00400. The molecular weight excluding hydrogens is 252 g/mol. The number of aromatic nitrogens is 2. The predicted molar refractivity (Wildman–Crippen MR) is 77.1 cm³/mol. The van der Waals surface area contributed by atoms with Gasteiger partial charge in [-0.05, 0) is 37.8 Å². The van der Waals surface area contributed by atoms with Crippen molar-refractivity contribution in [2.24, 2.45) is 12.8 Å². The van der Waals surface area contributed by atoms with Crippen LogP contribution in [0.3, 0.4) is 0 Å². The molecule has 0 spiro atoms. The Kier molecular flexibility index (Phi) is 3.89. The molecule has 1 aliphatic carbocycles. The molecule has 2 aromatic heterocycles. The number of nitrogens with two attached hydrogens (primary N) is 1. The summed E-state index contributed by atoms with van der Waals surface area (Å²) in [6, 6.07) is 4.76. The van der Waals surface area contributed by atoms with Gasteiger partial charge in [0.05, 0.1) is 6.26 Å². The lowest BCUT2D eigenvalue weighted by atomic mass is 9.91. The van der Waals surface area contributed by atoms with Crippen LogP contribution in [0.25, 0.3) is 0 Å². The summed E-state index contributed by atoms with van der Waals surface area (Å²) in [6.07, 6.45) is 9.90. The van der Waals surface area contributed by atoms with E-state index in [1.165, 1.54) is 0 Å². The average molecular weight is 274 g/mol. The van der Waals surface area contributed by atoms with E-state index in [9.17, 15) is 0 Å². The van der Waals surface area contributed by atoms with Gasteiger partial charge in [-0.15, -0.1) is 0 Å². The largest absolute Gasteiger partial charge is 0.467 e. The fourth-order valence-corrected chi connectivity index (χ4v) is 2.92. The highest BCUT2D eigenvalue weighted by Crippen LogP contribution is 2.25. The van der Waals surface area contributed by atoms with Crippen LogP contribution in [0.1, 0.15) is 43.3 Å². The Morgan fingerprint density at radius 3 is 2.80 bits per heavy atom. The van der Waals surface area contributed by atoms with Gasteiger partial charge in [0.25, 0.3) is 0 Å². The number of hydrogen-bond acceptors (Lipinski definition) is 4. The molecule has 1 fully saturated rings. The molecule has 0 aliphatic heterocycles. The van der Waals surface area contributed by atoms with Crippen molar-refractivity contribution in [3.8, 4) is 0 Å². The van der Waals surface area contributed by atoms with Crippen LogP contribution in [0.15, 0.2) is 35.2 Å². The molecule has 0 saturated heterocycles. The number of nitrogens with zero attached hydrogens (tertiary/aromatic N) is 2. The second-order valence-electron chi connectivity index (χ2n) is 5.62. The third-order valence-corrected chi connectivity index (χ3v) is 4.12. The Bertz CT molecular complexity index is 526. The van der Waals surface area contributed by atoms with Gasteiger partial charge in [-0.2, -0.15) is 0 Å². The summed E-state index contributed by atoms with van der Waals surface area (Å²) in [5.74, 6) is 1.89. The third-order valence-electron chi connectivity index (χ3n) is 4.12. The second kappa shape index (κ2) is 5.81. The van der Waals surface area contributed by atoms with E-state index < -0.39 is 0 Å². The normalized spacial score (nSPS) is 24.7. The van der Waals surface area contributed by atoms with Crippen molar-refractivity contribution in [2.75, 3.05) is 0 Å². The number of imidazole rings is 1. The molecule has 0 bridgehead atoms. The first-order valence-corrected chi connectivity index (χ1v) is 7.26. The zero-order chi connectivity index (χ0) is 13.9. The molecule has 1 saturated carbocycles. The molecule has 3 rings (SSSR count). The summed E-state index contributed by atoms with van der Waals surface area (Å²) < 4.78 is 7.63. The molecule has 2 heterocycles. The van der Waals surface area contributed by atoms with Crippen molar-refractivity contribution in [2.45, 2.75) is 43.8 Å². The smallest absolute Gasteiger partial charge is 0.133 e. The Morgan fingerprint density at radius 2 is 2.20 bits per heavy atom. The predicted octanol–water partition coefficient (Wildman–Crippen LogP) is 1.96. The monoisotopic (exact) mass is 274 g/mol. The summed E-state index contributed by atoms with van der Waals surface area (Å²) in [6.45, 7) is 0. The molecule has 5 heteroatoms. The first-order valence-electron chi connectivity index (χ1n) is 7.26. The van der Waals surface area contributed by atoms with Crippen molar-refractivity contribution < 1.29 is 4.42 Å². The van der Waals surface area contributed by atoms with E-state index in [1.54, 1.807) is 6.26 Å². The van der Waals surface area contributed by atoms with Crippen molar-refractivity contribution in [1.29, 1.82) is 0 Å². The summed E-state index contributed by atoms with van der Waals surface area (Å²) in [5, 5.41) is 3.69. The summed E-state index contributed by atoms with van der Waals surface area (Å²) in [7, 11) is 2.01. The molecule has 1 aliphatic rings. The van der Waals surface area contributed by atoms with Crippen LogP contribution in [-0.2, 0) is 7.05 Å². The first kappa shape index (κ1) is 13.4. The fraction of sp³-hybridized carbons (Fsp3) is 0.533. The molecule has 3 N–H and O–H groups in total. The lowest BCUT2D eigenvalue weighted by Gasteiger charge is -2.30. The molecule has 2 aromatic rings. The molecule has 0 amide bonds. The molecule has 1 unspecified atom stereocenters. The molecule has 108 valence electrons. The standard InChI is InChI=1S/C15H22N4O/c1-19-9-8-17-15(19)14(13-3-2-10-20-13)18-12-6-4-11(16)5-7-12/h2-3,8-12,14,18H,4-7,16H2,1H3. The maximum atomic E-state index is 5.98. The van der Waals surface area contributed by atoms with E-state index in [0.717, 1.165) is 37.3 Å². The number of hydrogen-bond donors (Lipinski definition) is 2. The van der Waals surface area contributed by atoms with Crippen LogP contribution in [0, 0.1) is 0 Å². The lowest BCUT2D eigenvalue weighted by molar-refractivity contribution is 0.307. The van der Waals surface area contributed by atoms with Crippen molar-refractivity contribution in [1.82, 2.24) is 14.9 Å². The molecule has 0 radical (unpaired) electrons. The van der Waals surface area contributed by atoms with Gasteiger partial charge in [0, 0.05) is 31.5 Å². The number of nitrogens with one attached hydrogen (secondary N) is 1. The minimum Gasteiger partial charge on any atom is -0.467 e. The number of furan rings is 1. The Balaban J connectivity index is 1.78. The minimum atomic E-state index is 0.00400. The van der Waals surface area contributed by atoms with Crippen LogP contribution >= 0.6 is 0 Å². The molecule has 20 heavy (non-hydrogen) atoms. The highest BCUT2D eigenvalue weighted by molar-refractivity contribution is 5.16. The number of aryl methyl sites for hydroxylation is 1. The highest BCUT2D eigenvalue weighted by Gasteiger charge is 2.26. The van der Waals surface area contributed by atoms with Gasteiger partial charge in [-0.25, -0.2) is 4.98 Å². The quantitative estimate of drug-likeness (QED) is 0.894. The van der Waals surface area contributed by atoms with Crippen molar-refractivity contribution in [3.05, 3.63) is 42.4 Å². The molecular formula is C15H22N4O. The molecule has 5 nitrogen and oxygen atoms in total. The summed E-state index contributed by atoms with van der Waals surface area (Å²) in [4.78, 5) is 4.47. The van der Waals surface area contributed by atoms with E-state index in [2.05, 4.69) is 10.3 Å². The van der Waals surface area contributed by atoms with Gasteiger partial charge in [0.15, 0.2) is 0 Å². The average Bonchev–Trinajstić information content (AvgIpc) is 3.10. The lowest BCUT2D eigenvalue weighted by Crippen LogP contribution is -2.40. The topological polar surface area (TPSA) is 69.0 Å². The SMILES string of the molecule is Cn1ccnc1C(NC1CCC(N)CC1)c1ccco1. The number of rotatable bonds is 4. The van der Waals surface area contributed by atoms with Gasteiger partial charge in [0.1, 0.15) is 17.6 Å². The first-order chi connectivity index (χ1) is 9.74. The van der Waals surface area contributed by atoms with Crippen LogP contribution in [-0.4, -0.2) is 21.6 Å². The van der Waals surface area contributed by atoms with E-state index >= 15 is 0 Å². The summed E-state index contributed by atoms with van der Waals surface area (Å²) >= 11 is 0. The molecule has 1 atom stereocenters. The summed E-state index contributed by atoms with van der Waals surface area (Å²) in [5.41, 5.74) is 5.98. The van der Waals surface area contributed by atoms with E-state index in [4.69, 9.17) is 10.2 Å². The zero-order valence-corrected chi connectivity index (χ0v) is 11.8. The van der Waals surface area contributed by atoms with Gasteiger partial charge >= 0.3 is 0 Å². The van der Waals surface area contributed by atoms with Crippen LogP contribution in [0.5, 0.6) is 0 Å². The maximum absolute atomic E-state index is 5.98. The highest BCUT2D eigenvalue weighted by atomic mass is 16.3. The van der Waals surface area contributed by atoms with Gasteiger partial charge in [0.2, 0.25) is 0 Å². The Hall–Kier alpha value is -1.59. The third kappa shape index (κ3) is 2.78. The van der Waals surface area contributed by atoms with Crippen LogP contribution in [0.2, 0.25) is 0 Å². The van der Waals surface area contributed by atoms with Gasteiger partial charge < -0.3 is 14.7 Å². The van der Waals surface area contributed by atoms with E-state index in [1.807, 2.05) is 36.1 Å². The van der Waals surface area contributed by atoms with Gasteiger partial charge in [-0.1, -0.05) is 0 Å². The fourth-order valence-electron chi connectivity index (χ4n) is 2.92. The van der Waals surface area contributed by atoms with Crippen molar-refractivity contribution in [3.63, 3.8) is 0 Å². The van der Waals surface area contributed by atoms with Crippen molar-refractivity contribution >= 4 is 0 Å². The van der Waals surface area contributed by atoms with Crippen LogP contribution in [0.4, 0.5) is 0 Å². The maximum Gasteiger partial charge on any atom is 0.133 e. The zero-order valence-electron chi connectivity index (χ0n) is 11.8. The second-order valence-corrected chi connectivity index (χ2v) is 5.62. The Morgan fingerprint density at radius 1 is 1.40 bits per heavy atom. The van der Waals surface area contributed by atoms with Crippen LogP contribution < -0.4 is 11.1 Å². The molecule has 0 aromatic carbocycles. The van der Waals surface area contributed by atoms with E-state index in [-0.39, 0.29) is 6.04 Å². The van der Waals surface area contributed by atoms with Gasteiger partial charge in [-0.3, -0.25) is 5.32 Å².